The molecule has 2 unspecified atom stereocenters. The second kappa shape index (κ2) is 4.89. The van der Waals surface area contributed by atoms with Gasteiger partial charge in [0.05, 0.1) is 18.8 Å². The molecule has 1 aromatic carbocycles. The minimum Gasteiger partial charge on any atom is -0.504 e. The lowest BCUT2D eigenvalue weighted by atomic mass is 9.47. The SMILES string of the molecule is CC(C)c1cc2c(c(O)c1O)[C@]13COC2CC1C(C)(C)C[C@H](O)C3. The molecule has 5 rings (SSSR count). The Morgan fingerprint density at radius 2 is 1.88 bits per heavy atom. The molecule has 0 aromatic heterocycles. The summed E-state index contributed by atoms with van der Waals surface area (Å²) in [7, 11) is 0. The number of aromatic hydroxyl groups is 2. The number of hydrogen-bond acceptors (Lipinski definition) is 4. The second-order valence-corrected chi connectivity index (χ2v) is 9.08. The molecule has 0 radical (unpaired) electrons. The summed E-state index contributed by atoms with van der Waals surface area (Å²) < 4.78 is 6.13. The normalized spacial score (nSPS) is 36.5. The fourth-order valence-corrected chi connectivity index (χ4v) is 5.85. The quantitative estimate of drug-likeness (QED) is 0.685. The molecule has 2 heterocycles. The van der Waals surface area contributed by atoms with Crippen molar-refractivity contribution in [2.24, 2.45) is 11.3 Å². The van der Waals surface area contributed by atoms with Gasteiger partial charge in [-0.3, -0.25) is 0 Å². The van der Waals surface area contributed by atoms with Gasteiger partial charge in [-0.15, -0.1) is 0 Å². The number of phenolic OH excluding ortho intramolecular Hbond substituents is 2. The minimum absolute atomic E-state index is 0.00212. The van der Waals surface area contributed by atoms with Crippen molar-refractivity contribution in [1.29, 1.82) is 0 Å². The molecular weight excluding hydrogens is 304 g/mol. The highest BCUT2D eigenvalue weighted by atomic mass is 16.5. The van der Waals surface area contributed by atoms with E-state index in [4.69, 9.17) is 4.74 Å². The standard InChI is InChI=1S/C20H28O4/c1-10(2)12-5-13-14-6-15-19(3,4)7-11(21)8-20(15,9-24-14)16(13)18(23)17(12)22/h5,10-11,14-15,21-23H,6-9H2,1-4H3/t11-,14?,15?,20+/m0/s1. The molecular formula is C20H28O4. The maximum Gasteiger partial charge on any atom is 0.162 e. The van der Waals surface area contributed by atoms with Crippen LogP contribution >= 0.6 is 0 Å². The van der Waals surface area contributed by atoms with Crippen LogP contribution in [0.1, 0.15) is 75.7 Å². The van der Waals surface area contributed by atoms with Gasteiger partial charge in [0.15, 0.2) is 11.5 Å². The van der Waals surface area contributed by atoms with E-state index in [9.17, 15) is 15.3 Å². The van der Waals surface area contributed by atoms with Gasteiger partial charge in [0.25, 0.3) is 0 Å². The number of hydrogen-bond donors (Lipinski definition) is 3. The summed E-state index contributed by atoms with van der Waals surface area (Å²) in [6, 6.07) is 2.02. The van der Waals surface area contributed by atoms with Crippen LogP contribution in [0.3, 0.4) is 0 Å². The first-order valence-electron chi connectivity index (χ1n) is 9.06. The van der Waals surface area contributed by atoms with E-state index in [1.165, 1.54) is 0 Å². The maximum absolute atomic E-state index is 10.9. The molecule has 2 aliphatic heterocycles. The van der Waals surface area contributed by atoms with Crippen molar-refractivity contribution in [3.63, 3.8) is 0 Å². The zero-order valence-corrected chi connectivity index (χ0v) is 15.0. The van der Waals surface area contributed by atoms with Crippen LogP contribution in [0.5, 0.6) is 11.5 Å². The third-order valence-electron chi connectivity index (χ3n) is 6.76. The van der Waals surface area contributed by atoms with Gasteiger partial charge >= 0.3 is 0 Å². The Morgan fingerprint density at radius 3 is 2.54 bits per heavy atom. The average molecular weight is 332 g/mol. The molecule has 2 fully saturated rings. The van der Waals surface area contributed by atoms with Gasteiger partial charge in [-0.25, -0.2) is 0 Å². The molecule has 2 aliphatic carbocycles. The lowest BCUT2D eigenvalue weighted by molar-refractivity contribution is -0.159. The first kappa shape index (κ1) is 16.2. The van der Waals surface area contributed by atoms with Crippen LogP contribution in [0.4, 0.5) is 0 Å². The van der Waals surface area contributed by atoms with E-state index in [-0.39, 0.29) is 28.9 Å². The van der Waals surface area contributed by atoms with E-state index in [2.05, 4.69) is 13.8 Å². The number of aliphatic hydroxyl groups is 1. The fourth-order valence-electron chi connectivity index (χ4n) is 5.85. The summed E-state index contributed by atoms with van der Waals surface area (Å²) in [4.78, 5) is 0. The smallest absolute Gasteiger partial charge is 0.162 e. The first-order chi connectivity index (χ1) is 11.2. The number of fused-ring (bicyclic) bond motifs is 1. The number of rotatable bonds is 1. The highest BCUT2D eigenvalue weighted by molar-refractivity contribution is 5.61. The molecule has 132 valence electrons. The van der Waals surface area contributed by atoms with Crippen molar-refractivity contribution >= 4 is 0 Å². The summed E-state index contributed by atoms with van der Waals surface area (Å²) in [5.74, 6) is 0.486. The molecule has 1 aromatic rings. The van der Waals surface area contributed by atoms with Gasteiger partial charge in [0.1, 0.15) is 0 Å². The number of ether oxygens (including phenoxy) is 1. The van der Waals surface area contributed by atoms with Crippen LogP contribution < -0.4 is 0 Å². The second-order valence-electron chi connectivity index (χ2n) is 9.08. The van der Waals surface area contributed by atoms with Gasteiger partial charge < -0.3 is 20.1 Å². The summed E-state index contributed by atoms with van der Waals surface area (Å²) in [6.07, 6.45) is 1.86. The molecule has 3 N–H and O–H groups in total. The van der Waals surface area contributed by atoms with Gasteiger partial charge in [-0.2, -0.15) is 0 Å². The number of phenols is 2. The Kier molecular flexibility index (Phi) is 3.30. The van der Waals surface area contributed by atoms with Gasteiger partial charge in [-0.05, 0) is 48.1 Å². The molecule has 4 nitrogen and oxygen atoms in total. The van der Waals surface area contributed by atoms with Crippen molar-refractivity contribution in [2.75, 3.05) is 6.61 Å². The Hall–Kier alpha value is -1.26. The number of aliphatic hydroxyl groups excluding tert-OH is 1. The van der Waals surface area contributed by atoms with Crippen LogP contribution in [-0.4, -0.2) is 28.0 Å². The molecule has 4 aliphatic rings. The first-order valence-corrected chi connectivity index (χ1v) is 9.06. The maximum atomic E-state index is 10.9. The van der Waals surface area contributed by atoms with E-state index >= 15 is 0 Å². The van der Waals surface area contributed by atoms with E-state index in [1.54, 1.807) is 0 Å². The van der Waals surface area contributed by atoms with Crippen molar-refractivity contribution in [3.8, 4) is 11.5 Å². The van der Waals surface area contributed by atoms with Crippen molar-refractivity contribution in [3.05, 3.63) is 22.8 Å². The third kappa shape index (κ3) is 1.93. The van der Waals surface area contributed by atoms with E-state index < -0.39 is 11.5 Å². The summed E-state index contributed by atoms with van der Waals surface area (Å²) in [5, 5.41) is 32.0. The summed E-state index contributed by atoms with van der Waals surface area (Å²) in [5.41, 5.74) is 2.20. The van der Waals surface area contributed by atoms with E-state index in [1.807, 2.05) is 19.9 Å². The Balaban J connectivity index is 1.97. The van der Waals surface area contributed by atoms with Crippen LogP contribution in [0.15, 0.2) is 6.07 Å². The summed E-state index contributed by atoms with van der Waals surface area (Å²) >= 11 is 0. The minimum atomic E-state index is -0.409. The predicted molar refractivity (Wildman–Crippen MR) is 91.4 cm³/mol. The molecule has 1 spiro atoms. The zero-order chi connectivity index (χ0) is 17.4. The highest BCUT2D eigenvalue weighted by Gasteiger charge is 2.61. The Morgan fingerprint density at radius 1 is 1.17 bits per heavy atom. The zero-order valence-electron chi connectivity index (χ0n) is 15.0. The topological polar surface area (TPSA) is 69.9 Å². The molecule has 4 heteroatoms. The van der Waals surface area contributed by atoms with Crippen molar-refractivity contribution < 1.29 is 20.1 Å². The third-order valence-corrected chi connectivity index (χ3v) is 6.76. The van der Waals surface area contributed by atoms with E-state index in [0.717, 1.165) is 29.5 Å². The molecule has 2 bridgehead atoms. The molecule has 1 saturated carbocycles. The summed E-state index contributed by atoms with van der Waals surface area (Å²) in [6.45, 7) is 8.96. The van der Waals surface area contributed by atoms with E-state index in [0.29, 0.717) is 18.9 Å². The van der Waals surface area contributed by atoms with Gasteiger partial charge in [0, 0.05) is 16.5 Å². The van der Waals surface area contributed by atoms with Crippen LogP contribution in [-0.2, 0) is 10.2 Å². The molecule has 1 saturated heterocycles. The lowest BCUT2D eigenvalue weighted by Gasteiger charge is -2.61. The highest BCUT2D eigenvalue weighted by Crippen LogP contribution is 2.65. The van der Waals surface area contributed by atoms with Crippen LogP contribution in [0.25, 0.3) is 0 Å². The van der Waals surface area contributed by atoms with Gasteiger partial charge in [-0.1, -0.05) is 27.7 Å². The van der Waals surface area contributed by atoms with Crippen LogP contribution in [0, 0.1) is 11.3 Å². The van der Waals surface area contributed by atoms with Gasteiger partial charge in [0.2, 0.25) is 0 Å². The molecule has 4 atom stereocenters. The average Bonchev–Trinajstić information content (AvgIpc) is 2.48. The largest absolute Gasteiger partial charge is 0.504 e. The lowest BCUT2D eigenvalue weighted by Crippen LogP contribution is -2.59. The monoisotopic (exact) mass is 332 g/mol. The Bertz CT molecular complexity index is 693. The van der Waals surface area contributed by atoms with Crippen LogP contribution in [0.2, 0.25) is 0 Å². The van der Waals surface area contributed by atoms with Crippen molar-refractivity contribution in [2.45, 2.75) is 70.5 Å². The number of benzene rings is 1. The molecule has 24 heavy (non-hydrogen) atoms. The fraction of sp³-hybridized carbons (Fsp3) is 0.700. The molecule has 0 amide bonds. The van der Waals surface area contributed by atoms with Crippen molar-refractivity contribution in [1.82, 2.24) is 0 Å². The Labute approximate surface area is 143 Å². The predicted octanol–water partition coefficient (Wildman–Crippen LogP) is 3.73.